The van der Waals surface area contributed by atoms with Gasteiger partial charge in [-0.15, -0.1) is 0 Å². The molecule has 136 valence electrons. The number of carbonyl (C=O) groups excluding carboxylic acids is 2. The van der Waals surface area contributed by atoms with E-state index in [1.807, 2.05) is 29.2 Å². The first-order valence-electron chi connectivity index (χ1n) is 8.61. The van der Waals surface area contributed by atoms with E-state index >= 15 is 0 Å². The first-order chi connectivity index (χ1) is 12.5. The van der Waals surface area contributed by atoms with Gasteiger partial charge in [0, 0.05) is 53.6 Å². The van der Waals surface area contributed by atoms with Crippen LogP contribution in [0.3, 0.4) is 0 Å². The average Bonchev–Trinajstić information content (AvgIpc) is 3.05. The second kappa shape index (κ2) is 8.27. The summed E-state index contributed by atoms with van der Waals surface area (Å²) in [6.07, 6.45) is 3.14. The summed E-state index contributed by atoms with van der Waals surface area (Å²) in [6.45, 7) is 1.78. The van der Waals surface area contributed by atoms with Gasteiger partial charge in [-0.05, 0) is 41.8 Å². The maximum atomic E-state index is 12.4. The molecule has 1 unspecified atom stereocenters. The molecule has 2 amide bonds. The van der Waals surface area contributed by atoms with Crippen molar-refractivity contribution in [1.29, 1.82) is 0 Å². The number of nitrogens with one attached hydrogen (secondary N) is 1. The van der Waals surface area contributed by atoms with Gasteiger partial charge in [-0.25, -0.2) is 0 Å². The lowest BCUT2D eigenvalue weighted by Crippen LogP contribution is -2.26. The molecular formula is C20H22N2O3S. The molecule has 1 atom stereocenters. The molecular weight excluding hydrogens is 348 g/mol. The zero-order chi connectivity index (χ0) is 18.5. The molecule has 1 saturated heterocycles. The van der Waals surface area contributed by atoms with Crippen LogP contribution in [0.25, 0.3) is 0 Å². The van der Waals surface area contributed by atoms with Crippen molar-refractivity contribution in [2.24, 2.45) is 0 Å². The van der Waals surface area contributed by atoms with Crippen LogP contribution >= 0.6 is 0 Å². The lowest BCUT2D eigenvalue weighted by Gasteiger charge is -2.18. The number of rotatable bonds is 6. The monoisotopic (exact) mass is 370 g/mol. The van der Waals surface area contributed by atoms with Crippen molar-refractivity contribution in [2.45, 2.75) is 30.8 Å². The number of carbonyl (C=O) groups is 2. The number of nitrogens with zero attached hydrogens (tertiary/aromatic N) is 1. The van der Waals surface area contributed by atoms with Crippen LogP contribution in [0.2, 0.25) is 0 Å². The number of amides is 2. The van der Waals surface area contributed by atoms with Crippen LogP contribution in [-0.2, 0) is 28.7 Å². The molecule has 0 bridgehead atoms. The zero-order valence-electron chi connectivity index (χ0n) is 14.7. The van der Waals surface area contributed by atoms with Gasteiger partial charge in [-0.2, -0.15) is 0 Å². The highest BCUT2D eigenvalue weighted by atomic mass is 32.2. The molecule has 0 radical (unpaired) electrons. The molecule has 0 aliphatic carbocycles. The fraction of sp³-hybridized carbons (Fsp3) is 0.300. The van der Waals surface area contributed by atoms with Crippen molar-refractivity contribution in [3.05, 3.63) is 65.2 Å². The van der Waals surface area contributed by atoms with E-state index in [0.717, 1.165) is 24.1 Å². The summed E-state index contributed by atoms with van der Waals surface area (Å²) in [5.74, 6) is 0.0164. The quantitative estimate of drug-likeness (QED) is 0.849. The minimum atomic E-state index is -1.06. The molecule has 1 N–H and O–H groups in total. The SMILES string of the molecule is CS(=O)c1ccc(C(=O)NCc2ccccc2CN2CCCC2=O)cc1. The van der Waals surface area contributed by atoms with E-state index in [0.29, 0.717) is 30.0 Å². The van der Waals surface area contributed by atoms with Gasteiger partial charge in [0.15, 0.2) is 0 Å². The third kappa shape index (κ3) is 4.38. The van der Waals surface area contributed by atoms with Crippen molar-refractivity contribution < 1.29 is 13.8 Å². The topological polar surface area (TPSA) is 66.5 Å². The minimum Gasteiger partial charge on any atom is -0.348 e. The third-order valence-electron chi connectivity index (χ3n) is 4.54. The Kier molecular flexibility index (Phi) is 5.83. The molecule has 1 aliphatic heterocycles. The van der Waals surface area contributed by atoms with Gasteiger partial charge >= 0.3 is 0 Å². The summed E-state index contributed by atoms with van der Waals surface area (Å²) in [7, 11) is -1.06. The predicted molar refractivity (Wildman–Crippen MR) is 101 cm³/mol. The van der Waals surface area contributed by atoms with Crippen LogP contribution in [-0.4, -0.2) is 33.7 Å². The van der Waals surface area contributed by atoms with E-state index in [4.69, 9.17) is 0 Å². The Hall–Kier alpha value is -2.47. The smallest absolute Gasteiger partial charge is 0.251 e. The maximum Gasteiger partial charge on any atom is 0.251 e. The van der Waals surface area contributed by atoms with Gasteiger partial charge in [0.05, 0.1) is 0 Å². The van der Waals surface area contributed by atoms with Crippen molar-refractivity contribution in [3.8, 4) is 0 Å². The fourth-order valence-corrected chi connectivity index (χ4v) is 3.56. The van der Waals surface area contributed by atoms with Crippen molar-refractivity contribution in [2.75, 3.05) is 12.8 Å². The molecule has 6 heteroatoms. The zero-order valence-corrected chi connectivity index (χ0v) is 15.6. The number of likely N-dealkylation sites (tertiary alicyclic amines) is 1. The Labute approximate surface area is 155 Å². The highest BCUT2D eigenvalue weighted by Gasteiger charge is 2.21. The largest absolute Gasteiger partial charge is 0.348 e. The summed E-state index contributed by atoms with van der Waals surface area (Å²) in [5.41, 5.74) is 2.60. The number of benzene rings is 2. The first-order valence-corrected chi connectivity index (χ1v) is 10.2. The molecule has 0 aromatic heterocycles. The van der Waals surface area contributed by atoms with E-state index < -0.39 is 10.8 Å². The van der Waals surface area contributed by atoms with Crippen LogP contribution < -0.4 is 5.32 Å². The van der Waals surface area contributed by atoms with Gasteiger partial charge in [-0.3, -0.25) is 13.8 Å². The molecule has 1 heterocycles. The normalized spacial score (nSPS) is 15.1. The standard InChI is InChI=1S/C20H22N2O3S/c1-26(25)18-10-8-15(9-11-18)20(24)21-13-16-5-2-3-6-17(16)14-22-12-4-7-19(22)23/h2-3,5-6,8-11H,4,7,12-14H2,1H3,(H,21,24). The number of hydrogen-bond acceptors (Lipinski definition) is 3. The van der Waals surface area contributed by atoms with E-state index in [1.165, 1.54) is 0 Å². The highest BCUT2D eigenvalue weighted by Crippen LogP contribution is 2.17. The molecule has 2 aromatic carbocycles. The first kappa shape index (κ1) is 18.3. The van der Waals surface area contributed by atoms with Crippen LogP contribution in [0, 0.1) is 0 Å². The van der Waals surface area contributed by atoms with Crippen molar-refractivity contribution >= 4 is 22.6 Å². The van der Waals surface area contributed by atoms with Gasteiger partial charge in [-0.1, -0.05) is 24.3 Å². The van der Waals surface area contributed by atoms with Gasteiger partial charge < -0.3 is 10.2 Å². The van der Waals surface area contributed by atoms with Gasteiger partial charge in [0.1, 0.15) is 0 Å². The number of hydrogen-bond donors (Lipinski definition) is 1. The maximum absolute atomic E-state index is 12.4. The van der Waals surface area contributed by atoms with Gasteiger partial charge in [0.2, 0.25) is 5.91 Å². The summed E-state index contributed by atoms with van der Waals surface area (Å²) < 4.78 is 11.4. The molecule has 0 spiro atoms. The van der Waals surface area contributed by atoms with Crippen LogP contribution in [0.5, 0.6) is 0 Å². The molecule has 3 rings (SSSR count). The summed E-state index contributed by atoms with van der Waals surface area (Å²) in [4.78, 5) is 26.8. The summed E-state index contributed by atoms with van der Waals surface area (Å²) >= 11 is 0. The van der Waals surface area contributed by atoms with E-state index in [-0.39, 0.29) is 11.8 Å². The van der Waals surface area contributed by atoms with Crippen LogP contribution in [0.1, 0.15) is 34.3 Å². The predicted octanol–water partition coefficient (Wildman–Crippen LogP) is 2.48. The molecule has 1 fully saturated rings. The Morgan fingerprint density at radius 3 is 2.42 bits per heavy atom. The van der Waals surface area contributed by atoms with Crippen LogP contribution in [0.15, 0.2) is 53.4 Å². The van der Waals surface area contributed by atoms with E-state index in [2.05, 4.69) is 5.32 Å². The van der Waals surface area contributed by atoms with Crippen molar-refractivity contribution in [1.82, 2.24) is 10.2 Å². The summed E-state index contributed by atoms with van der Waals surface area (Å²) in [5, 5.41) is 2.92. The molecule has 1 aliphatic rings. The average molecular weight is 370 g/mol. The minimum absolute atomic E-state index is 0.175. The second-order valence-corrected chi connectivity index (χ2v) is 7.73. The van der Waals surface area contributed by atoms with Crippen LogP contribution in [0.4, 0.5) is 0 Å². The lowest BCUT2D eigenvalue weighted by molar-refractivity contribution is -0.128. The molecule has 5 nitrogen and oxygen atoms in total. The fourth-order valence-electron chi connectivity index (χ4n) is 3.04. The Morgan fingerprint density at radius 2 is 1.81 bits per heavy atom. The molecule has 0 saturated carbocycles. The Morgan fingerprint density at radius 1 is 1.12 bits per heavy atom. The van der Waals surface area contributed by atoms with Gasteiger partial charge in [0.25, 0.3) is 5.91 Å². The second-order valence-electron chi connectivity index (χ2n) is 6.35. The van der Waals surface area contributed by atoms with E-state index in [1.54, 1.807) is 30.5 Å². The van der Waals surface area contributed by atoms with E-state index in [9.17, 15) is 13.8 Å². The Bertz CT molecular complexity index is 833. The Balaban J connectivity index is 1.64. The molecule has 26 heavy (non-hydrogen) atoms. The van der Waals surface area contributed by atoms with Crippen molar-refractivity contribution in [3.63, 3.8) is 0 Å². The lowest BCUT2D eigenvalue weighted by atomic mass is 10.1. The third-order valence-corrected chi connectivity index (χ3v) is 5.47. The highest BCUT2D eigenvalue weighted by molar-refractivity contribution is 7.84. The summed E-state index contributed by atoms with van der Waals surface area (Å²) in [6, 6.07) is 14.6. The molecule has 2 aromatic rings.